The van der Waals surface area contributed by atoms with Crippen LogP contribution in [0.3, 0.4) is 0 Å². The van der Waals surface area contributed by atoms with Crippen LogP contribution in [0.2, 0.25) is 0 Å². The number of Topliss-reactive ketones (excluding diaryl/α,β-unsaturated/α-hetero) is 1. The quantitative estimate of drug-likeness (QED) is 0.736. The molecule has 0 aliphatic carbocycles. The molecule has 2 aromatic rings. The Labute approximate surface area is 181 Å². The molecule has 3 atom stereocenters. The van der Waals surface area contributed by atoms with E-state index in [1.54, 1.807) is 26.0 Å². The third-order valence-electron chi connectivity index (χ3n) is 6.07. The number of fused-ring (bicyclic) bond motifs is 2. The minimum absolute atomic E-state index is 0.0960. The topological polar surface area (TPSA) is 93.1 Å². The van der Waals surface area contributed by atoms with Crippen LogP contribution in [0.4, 0.5) is 0 Å². The summed E-state index contributed by atoms with van der Waals surface area (Å²) < 4.78 is 12.4. The van der Waals surface area contributed by atoms with Crippen molar-refractivity contribution in [3.63, 3.8) is 0 Å². The number of hydrogen-bond donors (Lipinski definition) is 2. The van der Waals surface area contributed by atoms with Crippen molar-refractivity contribution in [3.05, 3.63) is 58.7 Å². The normalized spacial score (nSPS) is 22.0. The largest absolute Gasteiger partial charge is 0.506 e. The molecule has 0 amide bonds. The minimum atomic E-state index is -0.987. The molecule has 2 aliphatic rings. The van der Waals surface area contributed by atoms with E-state index in [9.17, 15) is 19.8 Å². The number of benzene rings is 2. The van der Waals surface area contributed by atoms with Crippen molar-refractivity contribution < 1.29 is 29.3 Å². The molecule has 0 aromatic heterocycles. The van der Waals surface area contributed by atoms with Gasteiger partial charge >= 0.3 is 5.97 Å². The van der Waals surface area contributed by atoms with Crippen LogP contribution in [0.5, 0.6) is 17.2 Å². The maximum absolute atomic E-state index is 13.2. The first-order valence-corrected chi connectivity index (χ1v) is 10.4. The van der Waals surface area contributed by atoms with Crippen molar-refractivity contribution >= 4 is 17.8 Å². The number of phenolic OH excluding ortho intramolecular Hbond substituents is 1. The Kier molecular flexibility index (Phi) is 5.04. The van der Waals surface area contributed by atoms with Crippen LogP contribution in [-0.2, 0) is 4.79 Å². The molecule has 6 heteroatoms. The summed E-state index contributed by atoms with van der Waals surface area (Å²) >= 11 is 0. The second kappa shape index (κ2) is 7.45. The number of ether oxygens (including phenoxy) is 2. The molecule has 0 saturated carbocycles. The van der Waals surface area contributed by atoms with E-state index in [0.717, 1.165) is 5.56 Å². The van der Waals surface area contributed by atoms with Gasteiger partial charge < -0.3 is 19.7 Å². The monoisotopic (exact) mass is 422 g/mol. The molecule has 0 spiro atoms. The molecule has 0 bridgehead atoms. The van der Waals surface area contributed by atoms with Gasteiger partial charge in [0.2, 0.25) is 0 Å². The zero-order chi connectivity index (χ0) is 22.5. The number of hydrogen-bond acceptors (Lipinski definition) is 5. The summed E-state index contributed by atoms with van der Waals surface area (Å²) in [6.07, 6.45) is 2.89. The fourth-order valence-electron chi connectivity index (χ4n) is 4.22. The van der Waals surface area contributed by atoms with Crippen molar-refractivity contribution in [2.75, 3.05) is 0 Å². The summed E-state index contributed by atoms with van der Waals surface area (Å²) in [5.74, 6) is -1.90. The summed E-state index contributed by atoms with van der Waals surface area (Å²) in [6, 6.07) is 9.23. The highest BCUT2D eigenvalue weighted by Gasteiger charge is 2.42. The third-order valence-corrected chi connectivity index (χ3v) is 6.07. The van der Waals surface area contributed by atoms with E-state index in [2.05, 4.69) is 0 Å². The van der Waals surface area contributed by atoms with Crippen molar-refractivity contribution in [3.8, 4) is 17.2 Å². The average Bonchev–Trinajstić information content (AvgIpc) is 2.70. The molecule has 2 heterocycles. The van der Waals surface area contributed by atoms with E-state index in [1.807, 2.05) is 44.2 Å². The molecule has 0 fully saturated rings. The van der Waals surface area contributed by atoms with Crippen LogP contribution < -0.4 is 9.47 Å². The van der Waals surface area contributed by atoms with Crippen LogP contribution in [0, 0.1) is 5.92 Å². The predicted molar refractivity (Wildman–Crippen MR) is 116 cm³/mol. The molecular formula is C25H26O6. The van der Waals surface area contributed by atoms with Crippen molar-refractivity contribution in [1.82, 2.24) is 0 Å². The molecule has 4 rings (SSSR count). The smallest absolute Gasteiger partial charge is 0.304 e. The molecule has 162 valence electrons. The van der Waals surface area contributed by atoms with Gasteiger partial charge in [0.25, 0.3) is 0 Å². The molecule has 31 heavy (non-hydrogen) atoms. The number of carboxylic acid groups (broad SMARTS) is 1. The Hall–Kier alpha value is -3.28. The van der Waals surface area contributed by atoms with Gasteiger partial charge in [0.05, 0.1) is 17.9 Å². The lowest BCUT2D eigenvalue weighted by atomic mass is 9.80. The fraction of sp³-hybridized carbons (Fsp3) is 0.360. The number of aromatic hydroxyl groups is 1. The van der Waals surface area contributed by atoms with Crippen molar-refractivity contribution in [2.24, 2.45) is 5.92 Å². The van der Waals surface area contributed by atoms with Gasteiger partial charge in [-0.1, -0.05) is 37.3 Å². The Balaban J connectivity index is 2.08. The van der Waals surface area contributed by atoms with Crippen LogP contribution in [0.15, 0.2) is 36.4 Å². The van der Waals surface area contributed by atoms with Crippen LogP contribution in [-0.4, -0.2) is 33.7 Å². The zero-order valence-electron chi connectivity index (χ0n) is 18.0. The van der Waals surface area contributed by atoms with E-state index in [1.165, 1.54) is 0 Å². The number of phenols is 1. The lowest BCUT2D eigenvalue weighted by molar-refractivity contribution is -0.137. The first-order valence-electron chi connectivity index (χ1n) is 10.4. The third kappa shape index (κ3) is 3.56. The number of carboxylic acids is 1. The first-order chi connectivity index (χ1) is 14.6. The average molecular weight is 422 g/mol. The Morgan fingerprint density at radius 3 is 2.48 bits per heavy atom. The minimum Gasteiger partial charge on any atom is -0.506 e. The second-order valence-corrected chi connectivity index (χ2v) is 8.79. The van der Waals surface area contributed by atoms with Gasteiger partial charge in [-0.2, -0.15) is 0 Å². The SMILES string of the molecule is C[C@@H]1C(=O)c2c(O)c3c(c([C@H](CC(=O)O)c4ccccc4)c2O[C@@H]1C)OC(C)(C)C=C3. The highest BCUT2D eigenvalue weighted by Crippen LogP contribution is 2.54. The Morgan fingerprint density at radius 2 is 1.84 bits per heavy atom. The van der Waals surface area contributed by atoms with E-state index in [-0.39, 0.29) is 29.3 Å². The molecule has 2 aromatic carbocycles. The number of ketones is 1. The first kappa shape index (κ1) is 21.0. The zero-order valence-corrected chi connectivity index (χ0v) is 18.0. The van der Waals surface area contributed by atoms with Crippen LogP contribution in [0.25, 0.3) is 6.08 Å². The van der Waals surface area contributed by atoms with Crippen molar-refractivity contribution in [1.29, 1.82) is 0 Å². The second-order valence-electron chi connectivity index (χ2n) is 8.79. The Bertz CT molecular complexity index is 1080. The van der Waals surface area contributed by atoms with Crippen LogP contribution >= 0.6 is 0 Å². The van der Waals surface area contributed by atoms with Gasteiger partial charge in [0.1, 0.15) is 34.5 Å². The highest BCUT2D eigenvalue weighted by molar-refractivity contribution is 6.06. The van der Waals surface area contributed by atoms with E-state index in [0.29, 0.717) is 16.9 Å². The molecule has 0 unspecified atom stereocenters. The molecule has 2 aliphatic heterocycles. The molecule has 2 N–H and O–H groups in total. The number of carbonyl (C=O) groups excluding carboxylic acids is 1. The van der Waals surface area contributed by atoms with Gasteiger partial charge in [-0.05, 0) is 38.5 Å². The number of aliphatic carboxylic acids is 1. The van der Waals surface area contributed by atoms with Gasteiger partial charge in [0.15, 0.2) is 5.78 Å². The summed E-state index contributed by atoms with van der Waals surface area (Å²) in [4.78, 5) is 25.0. The maximum atomic E-state index is 13.2. The fourth-order valence-corrected chi connectivity index (χ4v) is 4.22. The standard InChI is InChI=1S/C25H26O6/c1-13-14(2)30-24-19(17(12-18(26)27)15-8-6-5-7-9-15)23-16(10-11-25(3,4)31-23)22(29)20(24)21(13)28/h5-11,13-14,17,29H,12H2,1-4H3,(H,26,27)/t13-,14+,17+/m0/s1. The van der Waals surface area contributed by atoms with E-state index in [4.69, 9.17) is 9.47 Å². The van der Waals surface area contributed by atoms with Gasteiger partial charge in [-0.15, -0.1) is 0 Å². The molecule has 0 radical (unpaired) electrons. The van der Waals surface area contributed by atoms with Gasteiger partial charge in [-0.25, -0.2) is 0 Å². The maximum Gasteiger partial charge on any atom is 0.304 e. The Morgan fingerprint density at radius 1 is 1.16 bits per heavy atom. The number of rotatable bonds is 4. The molecular weight excluding hydrogens is 396 g/mol. The molecule has 6 nitrogen and oxygen atoms in total. The highest BCUT2D eigenvalue weighted by atomic mass is 16.5. The van der Waals surface area contributed by atoms with Gasteiger partial charge in [-0.3, -0.25) is 9.59 Å². The summed E-state index contributed by atoms with van der Waals surface area (Å²) in [5.41, 5.74) is 1.04. The predicted octanol–water partition coefficient (Wildman–Crippen LogP) is 4.78. The van der Waals surface area contributed by atoms with Crippen molar-refractivity contribution in [2.45, 2.75) is 51.7 Å². The lowest BCUT2D eigenvalue weighted by Gasteiger charge is -2.37. The van der Waals surface area contributed by atoms with Gasteiger partial charge in [0, 0.05) is 11.5 Å². The van der Waals surface area contributed by atoms with E-state index >= 15 is 0 Å². The summed E-state index contributed by atoms with van der Waals surface area (Å²) in [5, 5.41) is 20.7. The lowest BCUT2D eigenvalue weighted by Crippen LogP contribution is -2.36. The summed E-state index contributed by atoms with van der Waals surface area (Å²) in [6.45, 7) is 7.30. The van der Waals surface area contributed by atoms with E-state index < -0.39 is 29.5 Å². The summed E-state index contributed by atoms with van der Waals surface area (Å²) in [7, 11) is 0. The number of carbonyl (C=O) groups is 2. The van der Waals surface area contributed by atoms with Crippen LogP contribution in [0.1, 0.15) is 67.1 Å². The molecule has 0 saturated heterocycles.